The predicted molar refractivity (Wildman–Crippen MR) is 75.6 cm³/mol. The number of methoxy groups -OCH3 is 1. The van der Waals surface area contributed by atoms with E-state index in [0.29, 0.717) is 29.0 Å². The molecule has 0 spiro atoms. The number of hydrogen-bond donors (Lipinski definition) is 0. The maximum atomic E-state index is 11.7. The van der Waals surface area contributed by atoms with Crippen LogP contribution in [-0.4, -0.2) is 46.5 Å². The second-order valence-corrected chi connectivity index (χ2v) is 6.97. The third kappa shape index (κ3) is 5.71. The van der Waals surface area contributed by atoms with Crippen LogP contribution in [0.2, 0.25) is 0 Å². The van der Waals surface area contributed by atoms with Gasteiger partial charge in [-0.15, -0.1) is 0 Å². The van der Waals surface area contributed by atoms with Gasteiger partial charge in [0, 0.05) is 18.9 Å². The second-order valence-electron chi connectivity index (χ2n) is 3.98. The number of carbonyl (C=O) groups is 1. The fourth-order valence-corrected chi connectivity index (χ4v) is 2.48. The molecule has 0 N–H and O–H groups in total. The Morgan fingerprint density at radius 2 is 2.00 bits per heavy atom. The van der Waals surface area contributed by atoms with Gasteiger partial charge in [0.2, 0.25) is 0 Å². The molecule has 1 rings (SSSR count). The van der Waals surface area contributed by atoms with Gasteiger partial charge in [0.15, 0.2) is 15.6 Å². The maximum absolute atomic E-state index is 11.7. The summed E-state index contributed by atoms with van der Waals surface area (Å²) in [6.07, 6.45) is 1.03. The van der Waals surface area contributed by atoms with Crippen molar-refractivity contribution in [3.63, 3.8) is 0 Å². The molecule has 5 nitrogen and oxygen atoms in total. The highest BCUT2D eigenvalue weighted by atomic mass is 79.9. The van der Waals surface area contributed by atoms with Gasteiger partial charge in [-0.25, -0.2) is 8.42 Å². The Balaban J connectivity index is 2.79. The highest BCUT2D eigenvalue weighted by molar-refractivity contribution is 9.10. The molecule has 0 aliphatic carbocycles. The monoisotopic (exact) mass is 350 g/mol. The molecule has 0 saturated carbocycles. The van der Waals surface area contributed by atoms with E-state index >= 15 is 0 Å². The largest absolute Gasteiger partial charge is 0.490 e. The zero-order chi connectivity index (χ0) is 14.5. The number of carbonyl (C=O) groups excluding carboxylic acids is 1. The number of Topliss-reactive ketones (excluding diaryl/α,β-unsaturated/α-hetero) is 1. The normalized spacial score (nSPS) is 11.3. The van der Waals surface area contributed by atoms with Crippen molar-refractivity contribution >= 4 is 31.6 Å². The molecule has 1 aromatic carbocycles. The summed E-state index contributed by atoms with van der Waals surface area (Å²) in [5, 5.41) is 0. The van der Waals surface area contributed by atoms with Crippen LogP contribution in [0, 0.1) is 0 Å². The van der Waals surface area contributed by atoms with Crippen LogP contribution in [-0.2, 0) is 14.6 Å². The van der Waals surface area contributed by atoms with Crippen molar-refractivity contribution in [2.24, 2.45) is 0 Å². The molecule has 19 heavy (non-hydrogen) atoms. The molecule has 0 aliphatic heterocycles. The summed E-state index contributed by atoms with van der Waals surface area (Å²) in [5.41, 5.74) is 0.330. The molecule has 7 heteroatoms. The predicted octanol–water partition coefficient (Wildman–Crippen LogP) is 1.70. The minimum absolute atomic E-state index is 0.330. The van der Waals surface area contributed by atoms with Gasteiger partial charge in [0.25, 0.3) is 0 Å². The Morgan fingerprint density at radius 3 is 2.53 bits per heavy atom. The molecular formula is C12H15BrO5S. The van der Waals surface area contributed by atoms with Crippen LogP contribution >= 0.6 is 15.9 Å². The van der Waals surface area contributed by atoms with E-state index in [9.17, 15) is 13.2 Å². The molecule has 1 aromatic rings. The Labute approximate surface area is 121 Å². The number of benzene rings is 1. The van der Waals surface area contributed by atoms with Crippen LogP contribution in [0.5, 0.6) is 5.75 Å². The number of ketones is 1. The van der Waals surface area contributed by atoms with E-state index in [1.165, 1.54) is 0 Å². The van der Waals surface area contributed by atoms with Crippen molar-refractivity contribution in [2.75, 3.05) is 32.3 Å². The Morgan fingerprint density at radius 1 is 1.32 bits per heavy atom. The van der Waals surface area contributed by atoms with E-state index in [1.807, 2.05) is 0 Å². The standard InChI is InChI=1S/C12H15BrO5S/c1-17-5-6-18-12-4-3-9(7-10(12)13)11(14)8-19(2,15)16/h3-4,7H,5-6,8H2,1-2H3. The van der Waals surface area contributed by atoms with Gasteiger partial charge in [-0.2, -0.15) is 0 Å². The summed E-state index contributed by atoms with van der Waals surface area (Å²) < 4.78 is 33.0. The Hall–Kier alpha value is -0.920. The fraction of sp³-hybridized carbons (Fsp3) is 0.417. The van der Waals surface area contributed by atoms with E-state index < -0.39 is 21.4 Å². The average Bonchev–Trinajstić information content (AvgIpc) is 2.29. The van der Waals surface area contributed by atoms with E-state index in [0.717, 1.165) is 6.26 Å². The van der Waals surface area contributed by atoms with Crippen LogP contribution < -0.4 is 4.74 Å². The summed E-state index contributed by atoms with van der Waals surface area (Å²) >= 11 is 3.28. The smallest absolute Gasteiger partial charge is 0.177 e. The SMILES string of the molecule is COCCOc1ccc(C(=O)CS(C)(=O)=O)cc1Br. The first-order valence-electron chi connectivity index (χ1n) is 5.45. The van der Waals surface area contributed by atoms with Crippen LogP contribution in [0.1, 0.15) is 10.4 Å². The lowest BCUT2D eigenvalue weighted by atomic mass is 10.1. The molecule has 0 saturated heterocycles. The highest BCUT2D eigenvalue weighted by Crippen LogP contribution is 2.26. The van der Waals surface area contributed by atoms with E-state index in [-0.39, 0.29) is 0 Å². The number of ether oxygens (including phenoxy) is 2. The molecule has 0 amide bonds. The molecule has 0 heterocycles. The van der Waals surface area contributed by atoms with Crippen LogP contribution in [0.15, 0.2) is 22.7 Å². The Bertz CT molecular complexity index is 553. The first-order chi connectivity index (χ1) is 8.83. The molecule has 0 fully saturated rings. The van der Waals surface area contributed by atoms with E-state index in [2.05, 4.69) is 15.9 Å². The number of sulfone groups is 1. The van der Waals surface area contributed by atoms with E-state index in [4.69, 9.17) is 9.47 Å². The number of hydrogen-bond acceptors (Lipinski definition) is 5. The minimum atomic E-state index is -3.32. The second kappa shape index (κ2) is 7.02. The van der Waals surface area contributed by atoms with Crippen molar-refractivity contribution in [1.82, 2.24) is 0 Å². The van der Waals surface area contributed by atoms with Crippen molar-refractivity contribution in [2.45, 2.75) is 0 Å². The first kappa shape index (κ1) is 16.1. The lowest BCUT2D eigenvalue weighted by Crippen LogP contribution is -2.14. The van der Waals surface area contributed by atoms with Gasteiger partial charge < -0.3 is 9.47 Å². The summed E-state index contributed by atoms with van der Waals surface area (Å²) in [6, 6.07) is 4.71. The molecule has 0 atom stereocenters. The number of halogens is 1. The zero-order valence-electron chi connectivity index (χ0n) is 10.7. The van der Waals surface area contributed by atoms with Crippen molar-refractivity contribution < 1.29 is 22.7 Å². The molecule has 0 aliphatic rings. The van der Waals surface area contributed by atoms with Crippen molar-refractivity contribution in [1.29, 1.82) is 0 Å². The number of rotatable bonds is 7. The van der Waals surface area contributed by atoms with Crippen LogP contribution in [0.3, 0.4) is 0 Å². The maximum Gasteiger partial charge on any atom is 0.177 e. The highest BCUT2D eigenvalue weighted by Gasteiger charge is 2.14. The summed E-state index contributed by atoms with van der Waals surface area (Å²) in [5.74, 6) is -0.358. The summed E-state index contributed by atoms with van der Waals surface area (Å²) in [7, 11) is -1.75. The lowest BCUT2D eigenvalue weighted by molar-refractivity contribution is 0.102. The third-order valence-electron chi connectivity index (χ3n) is 2.19. The lowest BCUT2D eigenvalue weighted by Gasteiger charge is -2.08. The zero-order valence-corrected chi connectivity index (χ0v) is 13.1. The van der Waals surface area contributed by atoms with Gasteiger partial charge in [-0.3, -0.25) is 4.79 Å². The molecule has 0 aromatic heterocycles. The van der Waals surface area contributed by atoms with Crippen LogP contribution in [0.25, 0.3) is 0 Å². The molecular weight excluding hydrogens is 336 g/mol. The Kier molecular flexibility index (Phi) is 5.96. The summed E-state index contributed by atoms with van der Waals surface area (Å²) in [6.45, 7) is 0.854. The topological polar surface area (TPSA) is 69.7 Å². The molecule has 0 radical (unpaired) electrons. The molecule has 0 bridgehead atoms. The van der Waals surface area contributed by atoms with Gasteiger partial charge in [-0.05, 0) is 34.1 Å². The summed E-state index contributed by atoms with van der Waals surface area (Å²) in [4.78, 5) is 11.7. The van der Waals surface area contributed by atoms with Crippen LogP contribution in [0.4, 0.5) is 0 Å². The van der Waals surface area contributed by atoms with Crippen molar-refractivity contribution in [3.05, 3.63) is 28.2 Å². The average molecular weight is 351 g/mol. The van der Waals surface area contributed by atoms with Gasteiger partial charge in [0.05, 0.1) is 11.1 Å². The molecule has 106 valence electrons. The first-order valence-corrected chi connectivity index (χ1v) is 8.31. The van der Waals surface area contributed by atoms with Gasteiger partial charge in [-0.1, -0.05) is 0 Å². The fourth-order valence-electron chi connectivity index (χ4n) is 1.35. The minimum Gasteiger partial charge on any atom is -0.490 e. The van der Waals surface area contributed by atoms with Gasteiger partial charge >= 0.3 is 0 Å². The third-order valence-corrected chi connectivity index (χ3v) is 3.60. The van der Waals surface area contributed by atoms with Crippen molar-refractivity contribution in [3.8, 4) is 5.75 Å². The molecule has 0 unspecified atom stereocenters. The van der Waals surface area contributed by atoms with Gasteiger partial charge in [0.1, 0.15) is 18.1 Å². The van der Waals surface area contributed by atoms with E-state index in [1.54, 1.807) is 25.3 Å². The quantitative estimate of drug-likeness (QED) is 0.553.